The molecule has 2 fully saturated rings. The molecule has 0 spiro atoms. The molecule has 2 bridgehead atoms. The molecular formula is C19H24N4O2. The molecule has 2 aromatic rings. The number of anilines is 1. The predicted octanol–water partition coefficient (Wildman–Crippen LogP) is 2.75. The molecule has 2 unspecified atom stereocenters. The molecule has 4 rings (SSSR count). The lowest BCUT2D eigenvalue weighted by Crippen LogP contribution is -2.44. The average Bonchev–Trinajstić information content (AvgIpc) is 2.87. The van der Waals surface area contributed by atoms with Crippen molar-refractivity contribution in [3.63, 3.8) is 0 Å². The Morgan fingerprint density at radius 3 is 3.04 bits per heavy atom. The summed E-state index contributed by atoms with van der Waals surface area (Å²) in [5.41, 5.74) is 1.47. The zero-order valence-electron chi connectivity index (χ0n) is 14.8. The number of hydrogen-bond donors (Lipinski definition) is 2. The number of hydrogen-bond acceptors (Lipinski definition) is 5. The number of amides is 1. The summed E-state index contributed by atoms with van der Waals surface area (Å²) < 4.78 is 6.11. The van der Waals surface area contributed by atoms with Crippen LogP contribution in [-0.2, 0) is 4.74 Å². The van der Waals surface area contributed by atoms with Crippen molar-refractivity contribution in [2.75, 3.05) is 25.5 Å². The standard InChI is InChI=1S/C19H24N4O2/c1-18-6-3-7-19(9-18,25-11-18)10-21-17(24)13-4-5-14-15(8-13)22-12-23-16(14)20-2/h4-5,8,12H,3,6-7,9-11H2,1-2H3,(H,21,24)(H,20,22,23). The fraction of sp³-hybridized carbons (Fsp3) is 0.526. The van der Waals surface area contributed by atoms with E-state index in [-0.39, 0.29) is 16.9 Å². The minimum absolute atomic E-state index is 0.0799. The first kappa shape index (κ1) is 16.3. The minimum Gasteiger partial charge on any atom is -0.373 e. The van der Waals surface area contributed by atoms with Crippen LogP contribution in [0.2, 0.25) is 0 Å². The molecule has 1 saturated heterocycles. The van der Waals surface area contributed by atoms with Gasteiger partial charge in [-0.05, 0) is 49.3 Å². The van der Waals surface area contributed by atoms with Crippen LogP contribution >= 0.6 is 0 Å². The first-order valence-corrected chi connectivity index (χ1v) is 8.87. The molecule has 1 saturated carbocycles. The maximum absolute atomic E-state index is 12.6. The van der Waals surface area contributed by atoms with Crippen LogP contribution in [0.3, 0.4) is 0 Å². The monoisotopic (exact) mass is 340 g/mol. The molecule has 2 N–H and O–H groups in total. The minimum atomic E-state index is -0.180. The highest BCUT2D eigenvalue weighted by Crippen LogP contribution is 2.49. The van der Waals surface area contributed by atoms with Gasteiger partial charge < -0.3 is 15.4 Å². The zero-order chi connectivity index (χ0) is 17.5. The maximum atomic E-state index is 12.6. The number of ether oxygens (including phenoxy) is 1. The van der Waals surface area contributed by atoms with Gasteiger partial charge in [0.2, 0.25) is 0 Å². The SMILES string of the molecule is CNc1ncnc2cc(C(=O)NCC34CCCC(C)(CO3)C4)ccc12. The fourth-order valence-corrected chi connectivity index (χ4v) is 4.31. The Kier molecular flexibility index (Phi) is 3.87. The Labute approximate surface area is 147 Å². The molecule has 2 heterocycles. The predicted molar refractivity (Wildman–Crippen MR) is 96.7 cm³/mol. The Morgan fingerprint density at radius 2 is 2.20 bits per heavy atom. The van der Waals surface area contributed by atoms with Crippen LogP contribution in [0.5, 0.6) is 0 Å². The van der Waals surface area contributed by atoms with Gasteiger partial charge >= 0.3 is 0 Å². The molecule has 6 heteroatoms. The first-order valence-electron chi connectivity index (χ1n) is 8.87. The van der Waals surface area contributed by atoms with E-state index >= 15 is 0 Å². The zero-order valence-corrected chi connectivity index (χ0v) is 14.8. The number of carbonyl (C=O) groups excluding carboxylic acids is 1. The summed E-state index contributed by atoms with van der Waals surface area (Å²) in [5.74, 6) is 0.681. The summed E-state index contributed by atoms with van der Waals surface area (Å²) in [5, 5.41) is 7.02. The summed E-state index contributed by atoms with van der Waals surface area (Å²) in [4.78, 5) is 21.1. The first-order chi connectivity index (χ1) is 12.0. The van der Waals surface area contributed by atoms with Gasteiger partial charge in [0.05, 0.1) is 17.7 Å². The van der Waals surface area contributed by atoms with Crippen molar-refractivity contribution in [1.82, 2.24) is 15.3 Å². The van der Waals surface area contributed by atoms with Crippen molar-refractivity contribution in [1.29, 1.82) is 0 Å². The van der Waals surface area contributed by atoms with Crippen LogP contribution in [0.4, 0.5) is 5.82 Å². The van der Waals surface area contributed by atoms with E-state index < -0.39 is 0 Å². The van der Waals surface area contributed by atoms with E-state index in [1.807, 2.05) is 25.2 Å². The lowest BCUT2D eigenvalue weighted by Gasteiger charge is -2.35. The van der Waals surface area contributed by atoms with E-state index in [1.54, 1.807) is 0 Å². The summed E-state index contributed by atoms with van der Waals surface area (Å²) >= 11 is 0. The average molecular weight is 340 g/mol. The van der Waals surface area contributed by atoms with E-state index in [1.165, 1.54) is 19.2 Å². The summed E-state index contributed by atoms with van der Waals surface area (Å²) in [6.07, 6.45) is 5.97. The van der Waals surface area contributed by atoms with Gasteiger partial charge in [-0.3, -0.25) is 4.79 Å². The van der Waals surface area contributed by atoms with Crippen molar-refractivity contribution in [2.45, 2.75) is 38.2 Å². The number of carbonyl (C=O) groups is 1. The normalized spacial score (nSPS) is 28.1. The number of nitrogens with one attached hydrogen (secondary N) is 2. The van der Waals surface area contributed by atoms with Crippen LogP contribution < -0.4 is 10.6 Å². The Bertz CT molecular complexity index is 824. The van der Waals surface area contributed by atoms with Gasteiger partial charge in [0, 0.05) is 24.5 Å². The Balaban J connectivity index is 1.49. The van der Waals surface area contributed by atoms with Crippen molar-refractivity contribution >= 4 is 22.6 Å². The molecule has 0 radical (unpaired) electrons. The fourth-order valence-electron chi connectivity index (χ4n) is 4.31. The van der Waals surface area contributed by atoms with Gasteiger partial charge in [0.1, 0.15) is 12.1 Å². The van der Waals surface area contributed by atoms with Crippen LogP contribution in [0.25, 0.3) is 10.9 Å². The third kappa shape index (κ3) is 2.95. The molecular weight excluding hydrogens is 316 g/mol. The number of benzene rings is 1. The topological polar surface area (TPSA) is 76.1 Å². The van der Waals surface area contributed by atoms with Gasteiger partial charge in [0.15, 0.2) is 0 Å². The van der Waals surface area contributed by atoms with Gasteiger partial charge in [-0.15, -0.1) is 0 Å². The number of nitrogens with zero attached hydrogens (tertiary/aromatic N) is 2. The highest BCUT2D eigenvalue weighted by atomic mass is 16.5. The highest BCUT2D eigenvalue weighted by molar-refractivity contribution is 5.99. The van der Waals surface area contributed by atoms with Crippen LogP contribution in [0, 0.1) is 5.41 Å². The summed E-state index contributed by atoms with van der Waals surface area (Å²) in [7, 11) is 1.82. The van der Waals surface area contributed by atoms with E-state index in [0.29, 0.717) is 12.1 Å². The molecule has 1 aromatic heterocycles. The third-order valence-corrected chi connectivity index (χ3v) is 5.60. The highest BCUT2D eigenvalue weighted by Gasteiger charge is 2.49. The molecule has 1 aliphatic carbocycles. The summed E-state index contributed by atoms with van der Waals surface area (Å²) in [6.45, 7) is 3.67. The van der Waals surface area contributed by atoms with E-state index in [9.17, 15) is 4.79 Å². The van der Waals surface area contributed by atoms with Crippen molar-refractivity contribution in [2.24, 2.45) is 5.41 Å². The lowest BCUT2D eigenvalue weighted by molar-refractivity contribution is -0.000307. The quantitative estimate of drug-likeness (QED) is 0.895. The van der Waals surface area contributed by atoms with Crippen molar-refractivity contribution in [3.05, 3.63) is 30.1 Å². The Morgan fingerprint density at radius 1 is 1.32 bits per heavy atom. The molecule has 1 aromatic carbocycles. The number of rotatable bonds is 4. The van der Waals surface area contributed by atoms with Crippen LogP contribution in [-0.4, -0.2) is 41.7 Å². The molecule has 2 atom stereocenters. The number of aromatic nitrogens is 2. The molecule has 1 aliphatic heterocycles. The molecule has 6 nitrogen and oxygen atoms in total. The largest absolute Gasteiger partial charge is 0.373 e. The van der Waals surface area contributed by atoms with E-state index in [0.717, 1.165) is 36.2 Å². The lowest BCUT2D eigenvalue weighted by atomic mass is 9.72. The van der Waals surface area contributed by atoms with Gasteiger partial charge in [-0.1, -0.05) is 6.92 Å². The Hall–Kier alpha value is -2.21. The van der Waals surface area contributed by atoms with Gasteiger partial charge in [0.25, 0.3) is 5.91 Å². The molecule has 2 aliphatic rings. The maximum Gasteiger partial charge on any atom is 0.251 e. The molecule has 25 heavy (non-hydrogen) atoms. The van der Waals surface area contributed by atoms with Gasteiger partial charge in [-0.2, -0.15) is 0 Å². The second-order valence-corrected chi connectivity index (χ2v) is 7.70. The van der Waals surface area contributed by atoms with Crippen molar-refractivity contribution in [3.8, 4) is 0 Å². The van der Waals surface area contributed by atoms with Gasteiger partial charge in [-0.25, -0.2) is 9.97 Å². The van der Waals surface area contributed by atoms with Crippen molar-refractivity contribution < 1.29 is 9.53 Å². The number of fused-ring (bicyclic) bond motifs is 3. The van der Waals surface area contributed by atoms with E-state index in [2.05, 4.69) is 27.5 Å². The van der Waals surface area contributed by atoms with Crippen LogP contribution in [0.15, 0.2) is 24.5 Å². The molecule has 132 valence electrons. The smallest absolute Gasteiger partial charge is 0.251 e. The van der Waals surface area contributed by atoms with Crippen LogP contribution in [0.1, 0.15) is 43.0 Å². The van der Waals surface area contributed by atoms with E-state index in [4.69, 9.17) is 4.74 Å². The second-order valence-electron chi connectivity index (χ2n) is 7.70. The molecule has 1 amide bonds. The third-order valence-electron chi connectivity index (χ3n) is 5.60. The second kappa shape index (κ2) is 5.95. The summed E-state index contributed by atoms with van der Waals surface area (Å²) in [6, 6.07) is 5.52.